The van der Waals surface area contributed by atoms with Crippen LogP contribution in [0.15, 0.2) is 18.3 Å². The highest BCUT2D eigenvalue weighted by Gasteiger charge is 2.40. The number of likely N-dealkylation sites (N-methyl/N-ethyl adjacent to an activating group) is 1. The van der Waals surface area contributed by atoms with Gasteiger partial charge in [-0.2, -0.15) is 0 Å². The van der Waals surface area contributed by atoms with Gasteiger partial charge < -0.3 is 9.47 Å². The molecule has 0 amide bonds. The maximum absolute atomic E-state index is 12.7. The van der Waals surface area contributed by atoms with Gasteiger partial charge in [0.25, 0.3) is 0 Å². The summed E-state index contributed by atoms with van der Waals surface area (Å²) in [6.45, 7) is 1.44. The minimum atomic E-state index is 0.0221. The van der Waals surface area contributed by atoms with Gasteiger partial charge in [-0.05, 0) is 32.0 Å². The highest BCUT2D eigenvalue weighted by molar-refractivity contribution is 5.98. The Morgan fingerprint density at radius 1 is 1.40 bits per heavy atom. The summed E-state index contributed by atoms with van der Waals surface area (Å²) < 4.78 is 10.8. The molecule has 0 spiro atoms. The standard InChI is InChI=1S/C15H20N2O3/c1-17-11-6-10(7-12(17)9-20-8-11)15(18)14-13(19-2)4-3-5-16-14/h3-5,10-12H,6-9H2,1-2H3. The van der Waals surface area contributed by atoms with Crippen LogP contribution >= 0.6 is 0 Å². The number of hydrogen-bond acceptors (Lipinski definition) is 5. The van der Waals surface area contributed by atoms with Crippen LogP contribution in [0.5, 0.6) is 5.75 Å². The van der Waals surface area contributed by atoms with Gasteiger partial charge in [-0.25, -0.2) is 4.98 Å². The summed E-state index contributed by atoms with van der Waals surface area (Å²) in [6, 6.07) is 4.25. The molecule has 0 saturated carbocycles. The van der Waals surface area contributed by atoms with Gasteiger partial charge in [-0.1, -0.05) is 0 Å². The Balaban J connectivity index is 1.81. The molecule has 1 aromatic rings. The van der Waals surface area contributed by atoms with Crippen LogP contribution in [0.2, 0.25) is 0 Å². The predicted octanol–water partition coefficient (Wildman–Crippen LogP) is 1.38. The molecule has 3 heterocycles. The van der Waals surface area contributed by atoms with Crippen LogP contribution in [0.25, 0.3) is 0 Å². The zero-order chi connectivity index (χ0) is 14.1. The number of pyridine rings is 1. The van der Waals surface area contributed by atoms with E-state index in [1.807, 2.05) is 0 Å². The molecule has 1 aromatic heterocycles. The van der Waals surface area contributed by atoms with Gasteiger partial charge in [0, 0.05) is 24.2 Å². The van der Waals surface area contributed by atoms with Crippen molar-refractivity contribution in [1.29, 1.82) is 0 Å². The average Bonchev–Trinajstić information content (AvgIpc) is 2.46. The van der Waals surface area contributed by atoms with Gasteiger partial charge in [0.05, 0.1) is 20.3 Å². The number of carbonyl (C=O) groups is 1. The van der Waals surface area contributed by atoms with Crippen LogP contribution in [0.4, 0.5) is 0 Å². The SMILES string of the molecule is COc1cccnc1C(=O)C1CC2COCC(C1)N2C. The lowest BCUT2D eigenvalue weighted by molar-refractivity contribution is -0.0703. The minimum absolute atomic E-state index is 0.0221. The largest absolute Gasteiger partial charge is 0.494 e. The molecule has 108 valence electrons. The average molecular weight is 276 g/mol. The van der Waals surface area contributed by atoms with Crippen molar-refractivity contribution in [2.75, 3.05) is 27.4 Å². The van der Waals surface area contributed by atoms with E-state index in [1.165, 1.54) is 0 Å². The fraction of sp³-hybridized carbons (Fsp3) is 0.600. The first-order valence-electron chi connectivity index (χ1n) is 7.03. The van der Waals surface area contributed by atoms with Gasteiger partial charge in [-0.3, -0.25) is 9.69 Å². The molecule has 2 saturated heterocycles. The van der Waals surface area contributed by atoms with Crippen molar-refractivity contribution in [2.24, 2.45) is 5.92 Å². The molecule has 0 N–H and O–H groups in total. The number of methoxy groups -OCH3 is 1. The number of ether oxygens (including phenoxy) is 2. The van der Waals surface area contributed by atoms with Crippen molar-refractivity contribution < 1.29 is 14.3 Å². The van der Waals surface area contributed by atoms with E-state index in [9.17, 15) is 4.79 Å². The van der Waals surface area contributed by atoms with Crippen LogP contribution in [0.3, 0.4) is 0 Å². The number of fused-ring (bicyclic) bond motifs is 2. The summed E-state index contributed by atoms with van der Waals surface area (Å²) in [7, 11) is 3.70. The summed E-state index contributed by atoms with van der Waals surface area (Å²) in [4.78, 5) is 19.3. The molecule has 0 aliphatic carbocycles. The van der Waals surface area contributed by atoms with E-state index in [4.69, 9.17) is 9.47 Å². The Hall–Kier alpha value is -1.46. The fourth-order valence-electron chi connectivity index (χ4n) is 3.24. The third-order valence-corrected chi connectivity index (χ3v) is 4.48. The van der Waals surface area contributed by atoms with E-state index >= 15 is 0 Å². The van der Waals surface area contributed by atoms with Crippen LogP contribution in [-0.2, 0) is 4.74 Å². The molecule has 2 aliphatic heterocycles. The Kier molecular flexibility index (Phi) is 3.72. The van der Waals surface area contributed by atoms with E-state index < -0.39 is 0 Å². The van der Waals surface area contributed by atoms with Crippen molar-refractivity contribution in [3.63, 3.8) is 0 Å². The fourth-order valence-corrected chi connectivity index (χ4v) is 3.24. The highest BCUT2D eigenvalue weighted by Crippen LogP contribution is 2.33. The van der Waals surface area contributed by atoms with E-state index in [2.05, 4.69) is 16.9 Å². The normalized spacial score (nSPS) is 30.0. The van der Waals surface area contributed by atoms with Crippen LogP contribution in [-0.4, -0.2) is 55.1 Å². The Labute approximate surface area is 118 Å². The smallest absolute Gasteiger partial charge is 0.188 e. The number of hydrogen-bond donors (Lipinski definition) is 0. The molecule has 3 rings (SSSR count). The first-order chi connectivity index (χ1) is 9.70. The first-order valence-corrected chi connectivity index (χ1v) is 7.03. The molecule has 5 heteroatoms. The molecule has 0 radical (unpaired) electrons. The van der Waals surface area contributed by atoms with Crippen molar-refractivity contribution >= 4 is 5.78 Å². The molecular formula is C15H20N2O3. The maximum atomic E-state index is 12.7. The molecule has 2 bridgehead atoms. The predicted molar refractivity (Wildman–Crippen MR) is 74.0 cm³/mol. The monoisotopic (exact) mass is 276 g/mol. The van der Waals surface area contributed by atoms with Crippen LogP contribution in [0, 0.1) is 5.92 Å². The Morgan fingerprint density at radius 2 is 2.10 bits per heavy atom. The van der Waals surface area contributed by atoms with Crippen LogP contribution in [0.1, 0.15) is 23.3 Å². The molecule has 2 aliphatic rings. The van der Waals surface area contributed by atoms with E-state index in [1.54, 1.807) is 25.4 Å². The molecular weight excluding hydrogens is 256 g/mol. The van der Waals surface area contributed by atoms with Gasteiger partial charge in [-0.15, -0.1) is 0 Å². The quantitative estimate of drug-likeness (QED) is 0.781. The van der Waals surface area contributed by atoms with Crippen LogP contribution < -0.4 is 4.74 Å². The first kappa shape index (κ1) is 13.5. The lowest BCUT2D eigenvalue weighted by atomic mass is 9.82. The van der Waals surface area contributed by atoms with E-state index in [0.717, 1.165) is 26.1 Å². The summed E-state index contributed by atoms with van der Waals surface area (Å²) in [5.41, 5.74) is 0.462. The van der Waals surface area contributed by atoms with Crippen molar-refractivity contribution in [1.82, 2.24) is 9.88 Å². The summed E-state index contributed by atoms with van der Waals surface area (Å²) in [5.74, 6) is 0.694. The number of rotatable bonds is 3. The topological polar surface area (TPSA) is 51.7 Å². The second-order valence-corrected chi connectivity index (χ2v) is 5.60. The number of nitrogens with zero attached hydrogens (tertiary/aromatic N) is 2. The third-order valence-electron chi connectivity index (χ3n) is 4.48. The number of Topliss-reactive ketones (excluding diaryl/α,β-unsaturated/α-hetero) is 1. The maximum Gasteiger partial charge on any atom is 0.188 e. The molecule has 20 heavy (non-hydrogen) atoms. The number of ketones is 1. The van der Waals surface area contributed by atoms with Crippen molar-refractivity contribution in [3.05, 3.63) is 24.0 Å². The zero-order valence-electron chi connectivity index (χ0n) is 11.9. The Morgan fingerprint density at radius 3 is 2.75 bits per heavy atom. The van der Waals surface area contributed by atoms with E-state index in [0.29, 0.717) is 23.5 Å². The third kappa shape index (κ3) is 2.31. The van der Waals surface area contributed by atoms with E-state index in [-0.39, 0.29) is 11.7 Å². The summed E-state index contributed by atoms with van der Waals surface area (Å²) in [6.07, 6.45) is 3.33. The van der Waals surface area contributed by atoms with Gasteiger partial charge >= 0.3 is 0 Å². The van der Waals surface area contributed by atoms with Gasteiger partial charge in [0.1, 0.15) is 11.4 Å². The molecule has 0 aromatic carbocycles. The van der Waals surface area contributed by atoms with Crippen molar-refractivity contribution in [3.8, 4) is 5.75 Å². The van der Waals surface area contributed by atoms with Gasteiger partial charge in [0.2, 0.25) is 0 Å². The number of aromatic nitrogens is 1. The lowest BCUT2D eigenvalue weighted by Gasteiger charge is -2.46. The molecule has 5 nitrogen and oxygen atoms in total. The molecule has 2 unspecified atom stereocenters. The summed E-state index contributed by atoms with van der Waals surface area (Å²) >= 11 is 0. The zero-order valence-corrected chi connectivity index (χ0v) is 11.9. The highest BCUT2D eigenvalue weighted by atomic mass is 16.5. The second kappa shape index (κ2) is 5.50. The number of morpholine rings is 1. The minimum Gasteiger partial charge on any atom is -0.494 e. The van der Waals surface area contributed by atoms with Gasteiger partial charge in [0.15, 0.2) is 5.78 Å². The molecule has 2 atom stereocenters. The number of piperidine rings is 1. The summed E-state index contributed by atoms with van der Waals surface area (Å²) in [5, 5.41) is 0. The molecule has 2 fully saturated rings. The number of carbonyl (C=O) groups excluding carboxylic acids is 1. The Bertz CT molecular complexity index is 492. The lowest BCUT2D eigenvalue weighted by Crippen LogP contribution is -2.55. The van der Waals surface area contributed by atoms with Crippen molar-refractivity contribution in [2.45, 2.75) is 24.9 Å². The second-order valence-electron chi connectivity index (χ2n) is 5.60.